The van der Waals surface area contributed by atoms with Crippen LogP contribution in [0.4, 0.5) is 0 Å². The second kappa shape index (κ2) is 14.3. The molecule has 9 rings (SSSR count). The predicted molar refractivity (Wildman–Crippen MR) is 227 cm³/mol. The molecule has 4 aromatic heterocycles. The molecule has 0 spiro atoms. The second-order valence-corrected chi connectivity index (χ2v) is 15.5. The van der Waals surface area contributed by atoms with Crippen molar-refractivity contribution in [1.29, 1.82) is 0 Å². The molecule has 0 fully saturated rings. The molecular formula is C50H45N5O. The summed E-state index contributed by atoms with van der Waals surface area (Å²) in [4.78, 5) is 9.53. The molecule has 0 saturated carbocycles. The SMILES string of the molecule is [2H]C([2H])(c1ccnc(-n2c3ccc(-c4ccccc4)cc3c3ccc(Oc4ccnc(-n5[c-][n+](-c6cccc(C([2H])([2H])C(C)(C)C)c6)c6ccccc65)c4)cc32)c1)C(C)C. The highest BCUT2D eigenvalue weighted by Gasteiger charge is 2.18. The maximum atomic E-state index is 8.91. The van der Waals surface area contributed by atoms with E-state index >= 15 is 0 Å². The van der Waals surface area contributed by atoms with Gasteiger partial charge in [-0.1, -0.05) is 113 Å². The lowest BCUT2D eigenvalue weighted by Gasteiger charge is -2.18. The Hall–Kier alpha value is -6.53. The number of rotatable bonds is 9. The normalized spacial score (nSPS) is 13.5. The first-order valence-corrected chi connectivity index (χ1v) is 19.0. The molecule has 56 heavy (non-hydrogen) atoms. The van der Waals surface area contributed by atoms with E-state index in [0.717, 1.165) is 49.7 Å². The molecule has 9 aromatic rings. The Balaban J connectivity index is 1.13. The van der Waals surface area contributed by atoms with Crippen LogP contribution < -0.4 is 9.30 Å². The molecule has 0 bridgehead atoms. The van der Waals surface area contributed by atoms with E-state index in [1.54, 1.807) is 18.5 Å². The molecule has 6 nitrogen and oxygen atoms in total. The third kappa shape index (κ3) is 6.95. The van der Waals surface area contributed by atoms with Gasteiger partial charge in [-0.3, -0.25) is 18.7 Å². The van der Waals surface area contributed by atoms with Crippen LogP contribution in [0.1, 0.15) is 51.2 Å². The third-order valence-electron chi connectivity index (χ3n) is 9.64. The average molecular weight is 736 g/mol. The van der Waals surface area contributed by atoms with E-state index in [2.05, 4.69) is 47.3 Å². The van der Waals surface area contributed by atoms with Gasteiger partial charge in [-0.05, 0) is 95.4 Å². The van der Waals surface area contributed by atoms with Gasteiger partial charge in [0.1, 0.15) is 17.3 Å². The number of fused-ring (bicyclic) bond motifs is 4. The molecule has 0 aliphatic heterocycles. The number of pyridine rings is 2. The highest BCUT2D eigenvalue weighted by atomic mass is 16.5. The number of aromatic nitrogens is 5. The van der Waals surface area contributed by atoms with Crippen molar-refractivity contribution >= 4 is 32.8 Å². The monoisotopic (exact) mass is 735 g/mol. The van der Waals surface area contributed by atoms with Gasteiger partial charge < -0.3 is 4.74 Å². The zero-order valence-corrected chi connectivity index (χ0v) is 32.2. The van der Waals surface area contributed by atoms with Gasteiger partial charge in [0.25, 0.3) is 6.33 Å². The zero-order chi connectivity index (χ0) is 42.0. The van der Waals surface area contributed by atoms with Crippen LogP contribution in [-0.4, -0.2) is 19.1 Å². The Morgan fingerprint density at radius 1 is 0.661 bits per heavy atom. The van der Waals surface area contributed by atoms with E-state index in [-0.39, 0.29) is 5.92 Å². The molecular weight excluding hydrogens is 687 g/mol. The van der Waals surface area contributed by atoms with E-state index in [0.29, 0.717) is 34.3 Å². The van der Waals surface area contributed by atoms with Crippen molar-refractivity contribution in [3.8, 4) is 39.9 Å². The Labute approximate surface area is 333 Å². The molecule has 0 aliphatic rings. The lowest BCUT2D eigenvalue weighted by atomic mass is 9.88. The molecule has 0 atom stereocenters. The van der Waals surface area contributed by atoms with Crippen molar-refractivity contribution in [2.75, 3.05) is 0 Å². The second-order valence-electron chi connectivity index (χ2n) is 15.5. The fourth-order valence-corrected chi connectivity index (χ4v) is 7.38. The van der Waals surface area contributed by atoms with Crippen LogP contribution in [0, 0.1) is 17.7 Å². The number of hydrogen-bond donors (Lipinski definition) is 0. The van der Waals surface area contributed by atoms with Gasteiger partial charge in [-0.15, -0.1) is 0 Å². The summed E-state index contributed by atoms with van der Waals surface area (Å²) < 4.78 is 48.1. The standard InChI is InChI=1S/C50H45N5O/c1-34(2)26-35-22-24-52-49(28-35)55-44-21-18-38(37-13-7-6-8-14-37)29-43(44)42-20-19-40(30-47(42)55)56-41-23-25-51-48(31-41)54-33-53(45-16-9-10-17-46(45)54)39-15-11-12-36(27-39)32-50(3,4)5/h6-25,27-31,34H,26,32H2,1-5H3/i26D2,32D2. The van der Waals surface area contributed by atoms with Crippen molar-refractivity contribution in [3.63, 3.8) is 0 Å². The van der Waals surface area contributed by atoms with Gasteiger partial charge in [0.15, 0.2) is 5.82 Å². The summed E-state index contributed by atoms with van der Waals surface area (Å²) in [7, 11) is 0. The van der Waals surface area contributed by atoms with Crippen molar-refractivity contribution < 1.29 is 14.8 Å². The maximum absolute atomic E-state index is 8.91. The van der Waals surface area contributed by atoms with E-state index in [1.807, 2.05) is 141 Å². The van der Waals surface area contributed by atoms with Crippen LogP contribution in [0.5, 0.6) is 11.5 Å². The van der Waals surface area contributed by atoms with Crippen LogP contribution in [0.25, 0.3) is 61.3 Å². The summed E-state index contributed by atoms with van der Waals surface area (Å²) >= 11 is 0. The van der Waals surface area contributed by atoms with E-state index < -0.39 is 18.2 Å². The lowest BCUT2D eigenvalue weighted by Crippen LogP contribution is -2.29. The van der Waals surface area contributed by atoms with Gasteiger partial charge in [-0.2, -0.15) is 0 Å². The van der Waals surface area contributed by atoms with Crippen LogP contribution in [0.15, 0.2) is 152 Å². The quantitative estimate of drug-likeness (QED) is 0.110. The molecule has 0 saturated heterocycles. The molecule has 0 N–H and O–H groups in total. The number of para-hydroxylation sites is 2. The number of hydrogen-bond acceptors (Lipinski definition) is 3. The first-order chi connectivity index (χ1) is 28.7. The Morgan fingerprint density at radius 2 is 1.45 bits per heavy atom. The summed E-state index contributed by atoms with van der Waals surface area (Å²) in [5, 5.41) is 2.06. The minimum Gasteiger partial charge on any atom is -0.458 e. The predicted octanol–water partition coefficient (Wildman–Crippen LogP) is 11.8. The molecule has 5 aromatic carbocycles. The number of nitrogens with zero attached hydrogens (tertiary/aromatic N) is 5. The fourth-order valence-electron chi connectivity index (χ4n) is 7.38. The summed E-state index contributed by atoms with van der Waals surface area (Å²) in [6.45, 7) is 9.52. The van der Waals surface area contributed by atoms with Gasteiger partial charge in [0.05, 0.1) is 27.8 Å². The Kier molecular flexibility index (Phi) is 7.84. The molecule has 276 valence electrons. The molecule has 0 amide bonds. The number of benzene rings is 5. The van der Waals surface area contributed by atoms with Crippen LogP contribution in [-0.2, 0) is 12.7 Å². The maximum Gasteiger partial charge on any atom is 0.271 e. The van der Waals surface area contributed by atoms with Crippen LogP contribution in [0.2, 0.25) is 0 Å². The Morgan fingerprint density at radius 3 is 2.29 bits per heavy atom. The van der Waals surface area contributed by atoms with Gasteiger partial charge >= 0.3 is 0 Å². The smallest absolute Gasteiger partial charge is 0.271 e. The van der Waals surface area contributed by atoms with E-state index in [9.17, 15) is 0 Å². The largest absolute Gasteiger partial charge is 0.458 e. The lowest BCUT2D eigenvalue weighted by molar-refractivity contribution is -0.572. The van der Waals surface area contributed by atoms with Crippen LogP contribution >= 0.6 is 0 Å². The van der Waals surface area contributed by atoms with Crippen LogP contribution in [0.3, 0.4) is 0 Å². The topological polar surface area (TPSA) is 48.8 Å². The molecule has 4 heterocycles. The summed E-state index contributed by atoms with van der Waals surface area (Å²) in [6, 6.07) is 45.7. The fraction of sp³-hybridized carbons (Fsp3) is 0.180. The van der Waals surface area contributed by atoms with Crippen molar-refractivity contribution in [2.45, 2.75) is 47.4 Å². The summed E-state index contributed by atoms with van der Waals surface area (Å²) in [6.07, 6.45) is 3.80. The summed E-state index contributed by atoms with van der Waals surface area (Å²) in [5.41, 5.74) is 7.19. The van der Waals surface area contributed by atoms with Crippen molar-refractivity contribution in [2.24, 2.45) is 11.3 Å². The highest BCUT2D eigenvalue weighted by Crippen LogP contribution is 2.37. The number of imidazole rings is 1. The zero-order valence-electron chi connectivity index (χ0n) is 36.2. The van der Waals surface area contributed by atoms with E-state index in [4.69, 9.17) is 20.2 Å². The van der Waals surface area contributed by atoms with Gasteiger partial charge in [0, 0.05) is 40.8 Å². The molecule has 0 radical (unpaired) electrons. The van der Waals surface area contributed by atoms with Crippen molar-refractivity contribution in [1.82, 2.24) is 19.1 Å². The first kappa shape index (κ1) is 30.8. The number of ether oxygens (including phenoxy) is 1. The minimum absolute atomic E-state index is 0.228. The van der Waals surface area contributed by atoms with E-state index in [1.165, 1.54) is 0 Å². The first-order valence-electron chi connectivity index (χ1n) is 21.0. The average Bonchev–Trinajstić information content (AvgIpc) is 3.79. The Bertz CT molecular complexity index is 3050. The third-order valence-corrected chi connectivity index (χ3v) is 9.64. The van der Waals surface area contributed by atoms with Gasteiger partial charge in [-0.25, -0.2) is 4.98 Å². The minimum atomic E-state index is -1.55. The molecule has 0 unspecified atom stereocenters. The molecule has 6 heteroatoms. The van der Waals surface area contributed by atoms with Crippen molar-refractivity contribution in [3.05, 3.63) is 169 Å². The van der Waals surface area contributed by atoms with Gasteiger partial charge in [0.2, 0.25) is 0 Å². The highest BCUT2D eigenvalue weighted by molar-refractivity contribution is 6.10. The summed E-state index contributed by atoms with van der Waals surface area (Å²) in [5.74, 6) is 2.19. The molecule has 0 aliphatic carbocycles.